The molecule has 0 unspecified atom stereocenters. The van der Waals surface area contributed by atoms with Crippen molar-refractivity contribution < 1.29 is 4.74 Å². The molecule has 0 radical (unpaired) electrons. The Morgan fingerprint density at radius 3 is 2.73 bits per heavy atom. The third-order valence-electron chi connectivity index (χ3n) is 2.04. The first-order valence-corrected chi connectivity index (χ1v) is 4.01. The van der Waals surface area contributed by atoms with Crippen LogP contribution in [0.1, 0.15) is 12.8 Å². The lowest BCUT2D eigenvalue weighted by atomic mass is 10.0. The van der Waals surface area contributed by atoms with E-state index in [-0.39, 0.29) is 0 Å². The Morgan fingerprint density at radius 2 is 2.18 bits per heavy atom. The maximum absolute atomic E-state index is 8.51. The molecule has 0 aromatic carbocycles. The van der Waals surface area contributed by atoms with Gasteiger partial charge in [0.25, 0.3) is 0 Å². The van der Waals surface area contributed by atoms with Crippen molar-refractivity contribution in [3.8, 4) is 6.19 Å². The van der Waals surface area contributed by atoms with E-state index in [1.54, 1.807) is 4.90 Å². The van der Waals surface area contributed by atoms with Crippen LogP contribution in [0.5, 0.6) is 0 Å². The van der Waals surface area contributed by atoms with Gasteiger partial charge in [0.05, 0.1) is 0 Å². The molecule has 1 saturated heterocycles. The van der Waals surface area contributed by atoms with Crippen LogP contribution in [0.15, 0.2) is 0 Å². The topological polar surface area (TPSA) is 36.3 Å². The van der Waals surface area contributed by atoms with Gasteiger partial charge >= 0.3 is 0 Å². The van der Waals surface area contributed by atoms with Gasteiger partial charge in [0, 0.05) is 26.8 Å². The molecule has 3 heteroatoms. The maximum Gasteiger partial charge on any atom is 0.179 e. The first-order chi connectivity index (χ1) is 5.33. The van der Waals surface area contributed by atoms with Crippen LogP contribution in [-0.2, 0) is 4.74 Å². The summed E-state index contributed by atoms with van der Waals surface area (Å²) in [7, 11) is 1.83. The van der Waals surface area contributed by atoms with Crippen LogP contribution >= 0.6 is 0 Å². The van der Waals surface area contributed by atoms with Gasteiger partial charge in [-0.05, 0) is 18.8 Å². The average Bonchev–Trinajstić information content (AvgIpc) is 2.06. The standard InChI is InChI=1S/C8H14N2O/c1-10(7-9)6-8-2-4-11-5-3-8/h8H,2-6H2,1H3. The SMILES string of the molecule is CN(C#N)CC1CCOCC1. The van der Waals surface area contributed by atoms with Gasteiger partial charge in [-0.15, -0.1) is 0 Å². The zero-order valence-corrected chi connectivity index (χ0v) is 6.92. The fourth-order valence-corrected chi connectivity index (χ4v) is 1.36. The van der Waals surface area contributed by atoms with Crippen molar-refractivity contribution in [2.24, 2.45) is 5.92 Å². The summed E-state index contributed by atoms with van der Waals surface area (Å²) in [5.74, 6) is 0.661. The van der Waals surface area contributed by atoms with Crippen LogP contribution in [0, 0.1) is 17.4 Å². The second-order valence-electron chi connectivity index (χ2n) is 3.04. The van der Waals surface area contributed by atoms with Crippen LogP contribution in [-0.4, -0.2) is 31.7 Å². The van der Waals surface area contributed by atoms with Crippen molar-refractivity contribution >= 4 is 0 Å². The van der Waals surface area contributed by atoms with Gasteiger partial charge in [0.1, 0.15) is 0 Å². The van der Waals surface area contributed by atoms with Crippen LogP contribution < -0.4 is 0 Å². The molecule has 1 rings (SSSR count). The highest BCUT2D eigenvalue weighted by atomic mass is 16.5. The monoisotopic (exact) mass is 154 g/mol. The summed E-state index contributed by atoms with van der Waals surface area (Å²) >= 11 is 0. The zero-order chi connectivity index (χ0) is 8.10. The molecule has 11 heavy (non-hydrogen) atoms. The fraction of sp³-hybridized carbons (Fsp3) is 0.875. The molecule has 0 bridgehead atoms. The summed E-state index contributed by atoms with van der Waals surface area (Å²) < 4.78 is 5.21. The van der Waals surface area contributed by atoms with E-state index in [9.17, 15) is 0 Å². The van der Waals surface area contributed by atoms with E-state index in [0.29, 0.717) is 5.92 Å². The highest BCUT2D eigenvalue weighted by Gasteiger charge is 2.14. The Labute approximate surface area is 67.6 Å². The van der Waals surface area contributed by atoms with Gasteiger partial charge < -0.3 is 9.64 Å². The Balaban J connectivity index is 2.20. The van der Waals surface area contributed by atoms with Gasteiger partial charge in [-0.2, -0.15) is 5.26 Å². The van der Waals surface area contributed by atoms with E-state index in [1.807, 2.05) is 7.05 Å². The molecule has 0 spiro atoms. The van der Waals surface area contributed by atoms with E-state index >= 15 is 0 Å². The van der Waals surface area contributed by atoms with Crippen LogP contribution in [0.25, 0.3) is 0 Å². The highest BCUT2D eigenvalue weighted by Crippen LogP contribution is 2.14. The molecule has 1 aliphatic heterocycles. The molecule has 0 aliphatic carbocycles. The Kier molecular flexibility index (Phi) is 3.18. The maximum atomic E-state index is 8.51. The normalized spacial score (nSPS) is 19.3. The lowest BCUT2D eigenvalue weighted by Gasteiger charge is -2.23. The molecule has 0 atom stereocenters. The van der Waals surface area contributed by atoms with Gasteiger partial charge in [0.15, 0.2) is 6.19 Å². The quantitative estimate of drug-likeness (QED) is 0.436. The van der Waals surface area contributed by atoms with Gasteiger partial charge in [-0.3, -0.25) is 0 Å². The van der Waals surface area contributed by atoms with Gasteiger partial charge in [-0.25, -0.2) is 0 Å². The lowest BCUT2D eigenvalue weighted by Crippen LogP contribution is -2.26. The number of hydrogen-bond donors (Lipinski definition) is 0. The minimum absolute atomic E-state index is 0.661. The Hall–Kier alpha value is -0.750. The van der Waals surface area contributed by atoms with Crippen molar-refractivity contribution in [1.29, 1.82) is 5.26 Å². The summed E-state index contributed by atoms with van der Waals surface area (Å²) in [4.78, 5) is 1.69. The summed E-state index contributed by atoms with van der Waals surface area (Å²) in [6.07, 6.45) is 4.31. The van der Waals surface area contributed by atoms with Crippen molar-refractivity contribution in [2.45, 2.75) is 12.8 Å². The average molecular weight is 154 g/mol. The summed E-state index contributed by atoms with van der Waals surface area (Å²) in [5, 5.41) is 8.51. The lowest BCUT2D eigenvalue weighted by molar-refractivity contribution is 0.0604. The van der Waals surface area contributed by atoms with Gasteiger partial charge in [-0.1, -0.05) is 0 Å². The minimum Gasteiger partial charge on any atom is -0.381 e. The minimum atomic E-state index is 0.661. The molecule has 1 aliphatic rings. The Morgan fingerprint density at radius 1 is 1.55 bits per heavy atom. The molecule has 62 valence electrons. The predicted molar refractivity (Wildman–Crippen MR) is 41.8 cm³/mol. The van der Waals surface area contributed by atoms with Crippen molar-refractivity contribution in [3.05, 3.63) is 0 Å². The second kappa shape index (κ2) is 4.20. The van der Waals surface area contributed by atoms with E-state index in [4.69, 9.17) is 10.00 Å². The highest BCUT2D eigenvalue weighted by molar-refractivity contribution is 4.74. The first kappa shape index (κ1) is 8.35. The van der Waals surface area contributed by atoms with Gasteiger partial charge in [0.2, 0.25) is 0 Å². The molecule has 0 aromatic heterocycles. The van der Waals surface area contributed by atoms with Crippen molar-refractivity contribution in [2.75, 3.05) is 26.8 Å². The molecular formula is C8H14N2O. The molecule has 3 nitrogen and oxygen atoms in total. The van der Waals surface area contributed by atoms with E-state index in [1.165, 1.54) is 0 Å². The van der Waals surface area contributed by atoms with Crippen LogP contribution in [0.2, 0.25) is 0 Å². The largest absolute Gasteiger partial charge is 0.381 e. The molecule has 0 aromatic rings. The predicted octanol–water partition coefficient (Wildman–Crippen LogP) is 0.826. The number of nitrogens with zero attached hydrogens (tertiary/aromatic N) is 2. The zero-order valence-electron chi connectivity index (χ0n) is 6.92. The second-order valence-corrected chi connectivity index (χ2v) is 3.04. The fourth-order valence-electron chi connectivity index (χ4n) is 1.36. The summed E-state index contributed by atoms with van der Waals surface area (Å²) in [5.41, 5.74) is 0. The van der Waals surface area contributed by atoms with E-state index in [0.717, 1.165) is 32.6 Å². The molecular weight excluding hydrogens is 140 g/mol. The third kappa shape index (κ3) is 2.77. The summed E-state index contributed by atoms with van der Waals surface area (Å²) in [6.45, 7) is 2.62. The first-order valence-electron chi connectivity index (χ1n) is 4.01. The third-order valence-corrected chi connectivity index (χ3v) is 2.04. The molecule has 1 fully saturated rings. The smallest absolute Gasteiger partial charge is 0.179 e. The number of nitriles is 1. The molecule has 1 heterocycles. The number of hydrogen-bond acceptors (Lipinski definition) is 3. The van der Waals surface area contributed by atoms with Crippen LogP contribution in [0.4, 0.5) is 0 Å². The number of ether oxygens (including phenoxy) is 1. The van der Waals surface area contributed by atoms with Crippen molar-refractivity contribution in [3.63, 3.8) is 0 Å². The summed E-state index contributed by atoms with van der Waals surface area (Å²) in [6, 6.07) is 0. The molecule has 0 amide bonds. The van der Waals surface area contributed by atoms with E-state index in [2.05, 4.69) is 6.19 Å². The number of rotatable bonds is 2. The Bertz CT molecular complexity index is 147. The molecule has 0 saturated carbocycles. The van der Waals surface area contributed by atoms with Crippen LogP contribution in [0.3, 0.4) is 0 Å². The van der Waals surface area contributed by atoms with Crippen molar-refractivity contribution in [1.82, 2.24) is 4.90 Å². The van der Waals surface area contributed by atoms with E-state index < -0.39 is 0 Å². The molecule has 0 N–H and O–H groups in total.